The van der Waals surface area contributed by atoms with E-state index in [9.17, 15) is 0 Å². The molecule has 0 aliphatic rings. The van der Waals surface area contributed by atoms with E-state index < -0.39 is 0 Å². The van der Waals surface area contributed by atoms with Crippen LogP contribution in [0.15, 0.2) is 180 Å². The van der Waals surface area contributed by atoms with Gasteiger partial charge in [-0.1, -0.05) is 103 Å². The van der Waals surface area contributed by atoms with Crippen molar-refractivity contribution < 1.29 is 4.42 Å². The summed E-state index contributed by atoms with van der Waals surface area (Å²) < 4.78 is 9.13. The highest BCUT2D eigenvalue weighted by Gasteiger charge is 2.25. The number of hydrogen-bond donors (Lipinski definition) is 0. The molecule has 228 valence electrons. The lowest BCUT2D eigenvalue weighted by Gasteiger charge is -2.29. The molecule has 48 heavy (non-hydrogen) atoms. The number of para-hydroxylation sites is 3. The minimum atomic E-state index is 0.586. The molecule has 0 N–H and O–H groups in total. The van der Waals surface area contributed by atoms with Crippen LogP contribution in [-0.2, 0) is 0 Å². The monoisotopic (exact) mass is 635 g/mol. The normalized spacial score (nSPS) is 11.3. The van der Waals surface area contributed by atoms with E-state index in [-0.39, 0.29) is 0 Å². The maximum atomic E-state index is 6.65. The van der Waals surface area contributed by atoms with E-state index in [4.69, 9.17) is 9.40 Å². The first-order valence-electron chi connectivity index (χ1n) is 16.0. The number of oxazole rings is 1. The van der Waals surface area contributed by atoms with Gasteiger partial charge in [0.05, 0.1) is 21.8 Å². The number of hydrogen-bond acceptors (Lipinski definition) is 5. The van der Waals surface area contributed by atoms with E-state index >= 15 is 0 Å². The Balaban J connectivity index is 1.37. The summed E-state index contributed by atoms with van der Waals surface area (Å²) in [5.74, 6) is 0.586. The van der Waals surface area contributed by atoms with Gasteiger partial charge < -0.3 is 14.2 Å². The van der Waals surface area contributed by atoms with Crippen molar-refractivity contribution in [2.24, 2.45) is 0 Å². The number of nitrogens with zero attached hydrogens (tertiary/aromatic N) is 3. The topological polar surface area (TPSA) is 32.5 Å². The lowest BCUT2D eigenvalue weighted by Crippen LogP contribution is -2.13. The van der Waals surface area contributed by atoms with Crippen molar-refractivity contribution in [1.29, 1.82) is 0 Å². The molecule has 0 amide bonds. The maximum absolute atomic E-state index is 6.65. The van der Waals surface area contributed by atoms with Gasteiger partial charge in [0.25, 0.3) is 0 Å². The van der Waals surface area contributed by atoms with Crippen molar-refractivity contribution in [3.8, 4) is 11.5 Å². The lowest BCUT2D eigenvalue weighted by molar-refractivity contribution is 0.620. The Kier molecular flexibility index (Phi) is 6.95. The second-order valence-electron chi connectivity index (χ2n) is 11.6. The highest BCUT2D eigenvalue weighted by molar-refractivity contribution is 7.26. The zero-order chi connectivity index (χ0) is 31.9. The molecular formula is C43H29N3OS. The molecule has 5 heteroatoms. The average molecular weight is 636 g/mol. The molecular weight excluding hydrogens is 607 g/mol. The molecule has 9 rings (SSSR count). The van der Waals surface area contributed by atoms with E-state index in [1.54, 1.807) is 0 Å². The van der Waals surface area contributed by atoms with Crippen molar-refractivity contribution >= 4 is 76.7 Å². The maximum Gasteiger partial charge on any atom is 0.227 e. The van der Waals surface area contributed by atoms with Crippen molar-refractivity contribution in [3.63, 3.8) is 0 Å². The molecule has 7 aromatic carbocycles. The second-order valence-corrected chi connectivity index (χ2v) is 12.7. The Morgan fingerprint density at radius 3 is 1.69 bits per heavy atom. The zero-order valence-electron chi connectivity index (χ0n) is 25.9. The molecule has 0 spiro atoms. The zero-order valence-corrected chi connectivity index (χ0v) is 26.7. The van der Waals surface area contributed by atoms with Gasteiger partial charge in [0, 0.05) is 44.2 Å². The van der Waals surface area contributed by atoms with Crippen molar-refractivity contribution in [1.82, 2.24) is 4.98 Å². The molecule has 0 unspecified atom stereocenters. The van der Waals surface area contributed by atoms with Crippen LogP contribution in [0.2, 0.25) is 0 Å². The standard InChI is InChI=1S/C43H29N3OS/c1-5-16-30(17-6-1)43-44-41-38(28-34(29-39(41)47-43)45(31-18-7-2-8-19-31)32-20-9-3-10-21-32)46(33-22-11-4-12-23-33)37-26-15-25-36-35-24-13-14-27-40(35)48-42(36)37/h1-29H. The van der Waals surface area contributed by atoms with Gasteiger partial charge in [0.1, 0.15) is 5.52 Å². The predicted molar refractivity (Wildman–Crippen MR) is 202 cm³/mol. The summed E-state index contributed by atoms with van der Waals surface area (Å²) in [6.45, 7) is 0. The molecule has 0 atom stereocenters. The Bertz CT molecular complexity index is 2470. The second kappa shape index (κ2) is 11.9. The third-order valence-corrected chi connectivity index (χ3v) is 9.86. The molecule has 0 aliphatic heterocycles. The van der Waals surface area contributed by atoms with Gasteiger partial charge in [0.15, 0.2) is 5.58 Å². The third-order valence-electron chi connectivity index (χ3n) is 8.65. The van der Waals surface area contributed by atoms with E-state index in [0.717, 1.165) is 45.2 Å². The Morgan fingerprint density at radius 1 is 0.458 bits per heavy atom. The van der Waals surface area contributed by atoms with Crippen LogP contribution >= 0.6 is 11.3 Å². The largest absolute Gasteiger partial charge is 0.436 e. The van der Waals surface area contributed by atoms with Crippen LogP contribution in [0.3, 0.4) is 0 Å². The van der Waals surface area contributed by atoms with E-state index in [2.05, 4.69) is 143 Å². The fourth-order valence-corrected chi connectivity index (χ4v) is 7.70. The fraction of sp³-hybridized carbons (Fsp3) is 0. The van der Waals surface area contributed by atoms with E-state index in [1.165, 1.54) is 20.2 Å². The quantitative estimate of drug-likeness (QED) is 0.174. The van der Waals surface area contributed by atoms with Crippen LogP contribution < -0.4 is 9.80 Å². The first kappa shape index (κ1) is 28.1. The minimum Gasteiger partial charge on any atom is -0.436 e. The average Bonchev–Trinajstić information content (AvgIpc) is 3.76. The molecule has 0 saturated carbocycles. The highest BCUT2D eigenvalue weighted by Crippen LogP contribution is 2.48. The predicted octanol–water partition coefficient (Wildman–Crippen LogP) is 12.8. The van der Waals surface area contributed by atoms with Crippen molar-refractivity contribution in [2.75, 3.05) is 9.80 Å². The summed E-state index contributed by atoms with van der Waals surface area (Å²) >= 11 is 1.82. The van der Waals surface area contributed by atoms with Gasteiger partial charge in [-0.3, -0.25) is 0 Å². The molecule has 2 heterocycles. The van der Waals surface area contributed by atoms with Gasteiger partial charge in [-0.15, -0.1) is 11.3 Å². The fourth-order valence-electron chi connectivity index (χ4n) is 6.50. The molecule has 0 radical (unpaired) electrons. The van der Waals surface area contributed by atoms with Crippen LogP contribution in [0.5, 0.6) is 0 Å². The lowest BCUT2D eigenvalue weighted by atomic mass is 10.1. The van der Waals surface area contributed by atoms with Gasteiger partial charge in [-0.2, -0.15) is 0 Å². The molecule has 0 saturated heterocycles. The van der Waals surface area contributed by atoms with Gasteiger partial charge in [-0.05, 0) is 66.7 Å². The van der Waals surface area contributed by atoms with Crippen LogP contribution in [0, 0.1) is 0 Å². The summed E-state index contributed by atoms with van der Waals surface area (Å²) in [5.41, 5.74) is 8.57. The minimum absolute atomic E-state index is 0.586. The summed E-state index contributed by atoms with van der Waals surface area (Å²) in [4.78, 5) is 9.82. The van der Waals surface area contributed by atoms with Gasteiger partial charge in [0.2, 0.25) is 5.89 Å². The summed E-state index contributed by atoms with van der Waals surface area (Å²) in [7, 11) is 0. The van der Waals surface area contributed by atoms with Crippen LogP contribution in [0.25, 0.3) is 42.7 Å². The summed E-state index contributed by atoms with van der Waals surface area (Å²) in [6.07, 6.45) is 0. The number of aromatic nitrogens is 1. The van der Waals surface area contributed by atoms with E-state index in [0.29, 0.717) is 11.5 Å². The van der Waals surface area contributed by atoms with Crippen molar-refractivity contribution in [3.05, 3.63) is 176 Å². The Hall–Kier alpha value is -6.17. The van der Waals surface area contributed by atoms with Crippen LogP contribution in [0.1, 0.15) is 0 Å². The first-order chi connectivity index (χ1) is 23.8. The van der Waals surface area contributed by atoms with Crippen LogP contribution in [0.4, 0.5) is 34.1 Å². The molecule has 9 aromatic rings. The van der Waals surface area contributed by atoms with E-state index in [1.807, 2.05) is 53.8 Å². The summed E-state index contributed by atoms with van der Waals surface area (Å²) in [6, 6.07) is 61.2. The van der Waals surface area contributed by atoms with Gasteiger partial charge in [-0.25, -0.2) is 4.98 Å². The smallest absolute Gasteiger partial charge is 0.227 e. The molecule has 0 bridgehead atoms. The van der Waals surface area contributed by atoms with Gasteiger partial charge >= 0.3 is 0 Å². The third kappa shape index (κ3) is 4.89. The summed E-state index contributed by atoms with van der Waals surface area (Å²) in [5, 5.41) is 2.50. The first-order valence-corrected chi connectivity index (χ1v) is 16.8. The Morgan fingerprint density at radius 2 is 1.02 bits per heavy atom. The highest BCUT2D eigenvalue weighted by atomic mass is 32.1. The number of rotatable bonds is 7. The number of anilines is 6. The van der Waals surface area contributed by atoms with Crippen molar-refractivity contribution in [2.45, 2.75) is 0 Å². The number of benzene rings is 7. The number of fused-ring (bicyclic) bond motifs is 4. The Labute approximate surface area is 282 Å². The van der Waals surface area contributed by atoms with Crippen LogP contribution in [-0.4, -0.2) is 4.98 Å². The SMILES string of the molecule is c1ccc(-c2nc3c(N(c4ccccc4)c4cccc5c4sc4ccccc45)cc(N(c4ccccc4)c4ccccc4)cc3o2)cc1. The molecule has 0 aliphatic carbocycles. The molecule has 2 aromatic heterocycles. The number of thiophene rings is 1. The molecule has 0 fully saturated rings. The molecule has 4 nitrogen and oxygen atoms in total.